The highest BCUT2D eigenvalue weighted by Crippen LogP contribution is 2.26. The summed E-state index contributed by atoms with van der Waals surface area (Å²) < 4.78 is 5.37. The molecular formula is C19H20ClN3O3. The number of hydrogen-bond acceptors (Lipinski definition) is 4. The van der Waals surface area contributed by atoms with Crippen LogP contribution in [0.3, 0.4) is 0 Å². The number of amides is 2. The van der Waals surface area contributed by atoms with E-state index in [-0.39, 0.29) is 18.2 Å². The first-order chi connectivity index (χ1) is 12.6. The number of morpholine rings is 1. The Morgan fingerprint density at radius 2 is 1.62 bits per heavy atom. The van der Waals surface area contributed by atoms with Crippen LogP contribution < -0.4 is 15.5 Å². The molecule has 0 saturated carbocycles. The van der Waals surface area contributed by atoms with E-state index in [2.05, 4.69) is 15.5 Å². The highest BCUT2D eigenvalue weighted by Gasteiger charge is 2.17. The van der Waals surface area contributed by atoms with Gasteiger partial charge in [-0.25, -0.2) is 0 Å². The fourth-order valence-corrected chi connectivity index (χ4v) is 2.86. The molecule has 0 radical (unpaired) electrons. The number of halogens is 1. The summed E-state index contributed by atoms with van der Waals surface area (Å²) in [4.78, 5) is 26.5. The first kappa shape index (κ1) is 18.2. The van der Waals surface area contributed by atoms with E-state index in [9.17, 15) is 9.59 Å². The summed E-state index contributed by atoms with van der Waals surface area (Å²) in [6, 6.07) is 14.3. The van der Waals surface area contributed by atoms with E-state index in [4.69, 9.17) is 16.3 Å². The molecule has 0 bridgehead atoms. The Balaban J connectivity index is 1.59. The van der Waals surface area contributed by atoms with Crippen LogP contribution >= 0.6 is 11.6 Å². The Labute approximate surface area is 157 Å². The molecular weight excluding hydrogens is 354 g/mol. The molecule has 0 aliphatic carbocycles. The number of nitrogens with zero attached hydrogens (tertiary/aromatic N) is 1. The van der Waals surface area contributed by atoms with Crippen LogP contribution in [0.4, 0.5) is 17.1 Å². The zero-order chi connectivity index (χ0) is 18.4. The summed E-state index contributed by atoms with van der Waals surface area (Å²) in [6.07, 6.45) is -0.264. The van der Waals surface area contributed by atoms with Gasteiger partial charge in [0.15, 0.2) is 0 Å². The van der Waals surface area contributed by atoms with E-state index in [1.165, 1.54) is 0 Å². The van der Waals surface area contributed by atoms with E-state index < -0.39 is 0 Å². The fourth-order valence-electron chi connectivity index (χ4n) is 2.74. The smallest absolute Gasteiger partial charge is 0.233 e. The van der Waals surface area contributed by atoms with E-state index in [1.807, 2.05) is 24.3 Å². The van der Waals surface area contributed by atoms with Crippen LogP contribution in [0.2, 0.25) is 5.02 Å². The fraction of sp³-hybridized carbons (Fsp3) is 0.263. The van der Waals surface area contributed by atoms with Gasteiger partial charge in [-0.3, -0.25) is 9.59 Å². The number of para-hydroxylation sites is 2. The molecule has 26 heavy (non-hydrogen) atoms. The minimum absolute atomic E-state index is 0.264. The van der Waals surface area contributed by atoms with Gasteiger partial charge in [-0.1, -0.05) is 23.7 Å². The van der Waals surface area contributed by atoms with Gasteiger partial charge in [0.05, 0.1) is 24.6 Å². The molecule has 2 amide bonds. The lowest BCUT2D eigenvalue weighted by atomic mass is 10.2. The SMILES string of the molecule is O=C(CC(=O)Nc1ccccc1N1CCOCC1)Nc1ccc(Cl)cc1. The van der Waals surface area contributed by atoms with Crippen molar-refractivity contribution in [2.45, 2.75) is 6.42 Å². The van der Waals surface area contributed by atoms with Gasteiger partial charge in [0, 0.05) is 23.8 Å². The zero-order valence-corrected chi connectivity index (χ0v) is 15.0. The first-order valence-corrected chi connectivity index (χ1v) is 8.76. The molecule has 0 unspecified atom stereocenters. The van der Waals surface area contributed by atoms with Crippen LogP contribution in [0.5, 0.6) is 0 Å². The molecule has 0 aromatic heterocycles. The van der Waals surface area contributed by atoms with E-state index in [0.717, 1.165) is 18.8 Å². The third-order valence-corrected chi connectivity index (χ3v) is 4.23. The van der Waals surface area contributed by atoms with E-state index >= 15 is 0 Å². The maximum Gasteiger partial charge on any atom is 0.233 e. The lowest BCUT2D eigenvalue weighted by Crippen LogP contribution is -2.36. The first-order valence-electron chi connectivity index (χ1n) is 8.39. The number of anilines is 3. The molecule has 136 valence electrons. The predicted octanol–water partition coefficient (Wildman–Crippen LogP) is 3.14. The normalized spacial score (nSPS) is 14.0. The lowest BCUT2D eigenvalue weighted by Gasteiger charge is -2.30. The standard InChI is InChI=1S/C19H20ClN3O3/c20-14-5-7-15(8-6-14)21-18(24)13-19(25)22-16-3-1-2-4-17(16)23-9-11-26-12-10-23/h1-8H,9-13H2,(H,21,24)(H,22,25). The summed E-state index contributed by atoms with van der Waals surface area (Å²) in [5.74, 6) is -0.745. The highest BCUT2D eigenvalue weighted by atomic mass is 35.5. The van der Waals surface area contributed by atoms with E-state index in [1.54, 1.807) is 24.3 Å². The Kier molecular flexibility index (Phi) is 6.09. The van der Waals surface area contributed by atoms with Crippen LogP contribution in [0.1, 0.15) is 6.42 Å². The Bertz CT molecular complexity index is 774. The van der Waals surface area contributed by atoms with Gasteiger partial charge in [-0.15, -0.1) is 0 Å². The summed E-state index contributed by atoms with van der Waals surface area (Å²) in [5, 5.41) is 6.09. The Morgan fingerprint density at radius 3 is 2.35 bits per heavy atom. The van der Waals surface area contributed by atoms with E-state index in [0.29, 0.717) is 29.6 Å². The van der Waals surface area contributed by atoms with Crippen molar-refractivity contribution in [2.75, 3.05) is 41.8 Å². The summed E-state index contributed by atoms with van der Waals surface area (Å²) in [7, 11) is 0. The summed E-state index contributed by atoms with van der Waals surface area (Å²) >= 11 is 5.81. The topological polar surface area (TPSA) is 70.7 Å². The quantitative estimate of drug-likeness (QED) is 0.790. The number of ether oxygens (including phenoxy) is 1. The van der Waals surface area contributed by atoms with Crippen molar-refractivity contribution >= 4 is 40.5 Å². The van der Waals surface area contributed by atoms with Crippen LogP contribution in [0, 0.1) is 0 Å². The monoisotopic (exact) mass is 373 g/mol. The van der Waals surface area contributed by atoms with Crippen molar-refractivity contribution in [3.63, 3.8) is 0 Å². The van der Waals surface area contributed by atoms with Crippen molar-refractivity contribution in [3.05, 3.63) is 53.6 Å². The Morgan fingerprint density at radius 1 is 0.962 bits per heavy atom. The maximum absolute atomic E-state index is 12.3. The van der Waals surface area contributed by atoms with Crippen LogP contribution in [-0.4, -0.2) is 38.1 Å². The van der Waals surface area contributed by atoms with Crippen molar-refractivity contribution in [3.8, 4) is 0 Å². The van der Waals surface area contributed by atoms with Crippen LogP contribution in [-0.2, 0) is 14.3 Å². The number of carbonyl (C=O) groups excluding carboxylic acids is 2. The second kappa shape index (κ2) is 8.69. The molecule has 1 aliphatic heterocycles. The van der Waals surface area contributed by atoms with Crippen molar-refractivity contribution < 1.29 is 14.3 Å². The minimum Gasteiger partial charge on any atom is -0.378 e. The number of benzene rings is 2. The second-order valence-electron chi connectivity index (χ2n) is 5.90. The number of carbonyl (C=O) groups is 2. The maximum atomic E-state index is 12.3. The summed E-state index contributed by atoms with van der Waals surface area (Å²) in [6.45, 7) is 2.85. The van der Waals surface area contributed by atoms with Crippen molar-refractivity contribution in [1.82, 2.24) is 0 Å². The minimum atomic E-state index is -0.381. The van der Waals surface area contributed by atoms with Gasteiger partial charge >= 0.3 is 0 Å². The lowest BCUT2D eigenvalue weighted by molar-refractivity contribution is -0.123. The molecule has 7 heteroatoms. The third kappa shape index (κ3) is 4.97. The average molecular weight is 374 g/mol. The van der Waals surface area contributed by atoms with Crippen LogP contribution in [0.25, 0.3) is 0 Å². The average Bonchev–Trinajstić information content (AvgIpc) is 2.64. The largest absolute Gasteiger partial charge is 0.378 e. The molecule has 6 nitrogen and oxygen atoms in total. The molecule has 2 N–H and O–H groups in total. The highest BCUT2D eigenvalue weighted by molar-refractivity contribution is 6.30. The van der Waals surface area contributed by atoms with Crippen LogP contribution in [0.15, 0.2) is 48.5 Å². The molecule has 1 fully saturated rings. The molecule has 1 heterocycles. The van der Waals surface area contributed by atoms with Crippen molar-refractivity contribution in [2.24, 2.45) is 0 Å². The van der Waals surface area contributed by atoms with Gasteiger partial charge in [-0.2, -0.15) is 0 Å². The number of hydrogen-bond donors (Lipinski definition) is 2. The molecule has 2 aromatic carbocycles. The molecule has 1 saturated heterocycles. The summed E-state index contributed by atoms with van der Waals surface area (Å²) in [5.41, 5.74) is 2.22. The predicted molar refractivity (Wildman–Crippen MR) is 103 cm³/mol. The van der Waals surface area contributed by atoms with Gasteiger partial charge in [-0.05, 0) is 36.4 Å². The molecule has 2 aromatic rings. The molecule has 1 aliphatic rings. The van der Waals surface area contributed by atoms with Crippen molar-refractivity contribution in [1.29, 1.82) is 0 Å². The molecule has 0 spiro atoms. The Hall–Kier alpha value is -2.57. The van der Waals surface area contributed by atoms with Gasteiger partial charge < -0.3 is 20.3 Å². The van der Waals surface area contributed by atoms with Gasteiger partial charge in [0.25, 0.3) is 0 Å². The zero-order valence-electron chi connectivity index (χ0n) is 14.2. The second-order valence-corrected chi connectivity index (χ2v) is 6.33. The molecule has 3 rings (SSSR count). The van der Waals surface area contributed by atoms with Gasteiger partial charge in [0.1, 0.15) is 6.42 Å². The third-order valence-electron chi connectivity index (χ3n) is 3.98. The number of nitrogens with one attached hydrogen (secondary N) is 2. The van der Waals surface area contributed by atoms with Gasteiger partial charge in [0.2, 0.25) is 11.8 Å². The number of rotatable bonds is 5. The molecule has 0 atom stereocenters.